The number of carbonyl (C=O) groups is 11. The molecule has 0 aromatic heterocycles. The van der Waals surface area contributed by atoms with E-state index in [2.05, 4.69) is 52.6 Å². The molecule has 608 valence electrons. The average Bonchev–Trinajstić information content (AvgIpc) is 1.59. The maximum absolute atomic E-state index is 12.4. The molecule has 18 unspecified atom stereocenters. The molecule has 0 aromatic rings. The minimum Gasteiger partial charge on any atom is -0.465 e. The van der Waals surface area contributed by atoms with Gasteiger partial charge >= 0.3 is 65.7 Å². The summed E-state index contributed by atoms with van der Waals surface area (Å²) in [6.45, 7) is 35.5. The molecular formula is C81H116O28. The van der Waals surface area contributed by atoms with Crippen LogP contribution in [0.1, 0.15) is 156 Å². The maximum atomic E-state index is 12.4. The van der Waals surface area contributed by atoms with Gasteiger partial charge < -0.3 is 82.0 Å². The number of rotatable bonds is 34. The molecule has 0 aromatic carbocycles. The number of hydrogen-bond acceptors (Lipinski definition) is 28. The lowest BCUT2D eigenvalue weighted by Gasteiger charge is -2.43. The Hall–Kier alpha value is -8.15. The van der Waals surface area contributed by atoms with E-state index in [-0.39, 0.29) is 99.3 Å². The van der Waals surface area contributed by atoms with E-state index in [1.165, 1.54) is 31.4 Å². The molecule has 0 radical (unpaired) electrons. The summed E-state index contributed by atoms with van der Waals surface area (Å²) in [5.74, 6) is -1.64. The van der Waals surface area contributed by atoms with Gasteiger partial charge in [0.1, 0.15) is 37.6 Å². The van der Waals surface area contributed by atoms with Gasteiger partial charge in [0.2, 0.25) is 0 Å². The lowest BCUT2D eigenvalue weighted by Crippen LogP contribution is -2.50. The van der Waals surface area contributed by atoms with Gasteiger partial charge in [0.15, 0.2) is 6.29 Å². The van der Waals surface area contributed by atoms with E-state index < -0.39 is 108 Å². The average molecular weight is 1540 g/mol. The zero-order valence-corrected chi connectivity index (χ0v) is 63.5. The van der Waals surface area contributed by atoms with E-state index in [1.54, 1.807) is 0 Å². The summed E-state index contributed by atoms with van der Waals surface area (Å²) in [6, 6.07) is 0. The quantitative estimate of drug-likeness (QED) is 0.0204. The Balaban J connectivity index is 0.000000265. The largest absolute Gasteiger partial charge is 0.465 e. The highest BCUT2D eigenvalue weighted by atomic mass is 16.7. The van der Waals surface area contributed by atoms with Gasteiger partial charge in [-0.1, -0.05) is 73.4 Å². The summed E-state index contributed by atoms with van der Waals surface area (Å²) >= 11 is 0. The van der Waals surface area contributed by atoms with Crippen molar-refractivity contribution >= 4 is 65.7 Å². The topological polar surface area (TPSA) is 389 Å². The minimum atomic E-state index is -0.812. The number of hydrogen-bond donors (Lipinski definition) is 4. The van der Waals surface area contributed by atoms with Crippen molar-refractivity contribution in [1.29, 1.82) is 0 Å². The third kappa shape index (κ3) is 30.6. The van der Waals surface area contributed by atoms with Crippen LogP contribution in [-0.2, 0) is 114 Å². The number of unbranched alkanes of at least 4 members (excludes halogenated alkanes) is 1. The molecule has 8 aliphatic rings. The van der Waals surface area contributed by atoms with Gasteiger partial charge in [0, 0.05) is 73.3 Å². The van der Waals surface area contributed by atoms with Crippen molar-refractivity contribution in [2.24, 2.45) is 70.0 Å². The second-order valence-electron chi connectivity index (χ2n) is 30.1. The second kappa shape index (κ2) is 46.5. The van der Waals surface area contributed by atoms with Gasteiger partial charge in [-0.25, -0.2) is 38.4 Å². The van der Waals surface area contributed by atoms with Crippen molar-refractivity contribution in [1.82, 2.24) is 0 Å². The van der Waals surface area contributed by atoms with Crippen molar-refractivity contribution in [3.8, 4) is 0 Å². The lowest BCUT2D eigenvalue weighted by molar-refractivity contribution is -0.280. The van der Waals surface area contributed by atoms with Crippen LogP contribution in [0.3, 0.4) is 0 Å². The van der Waals surface area contributed by atoms with Crippen molar-refractivity contribution < 1.29 is 135 Å². The summed E-state index contributed by atoms with van der Waals surface area (Å²) in [5.41, 5.74) is -0.876. The fraction of sp³-hybridized carbons (Fsp3) is 0.667. The molecule has 0 amide bonds. The Labute approximate surface area is 639 Å². The Bertz CT molecular complexity index is 3050. The summed E-state index contributed by atoms with van der Waals surface area (Å²) in [5, 5.41) is 40.2. The zero-order valence-electron chi connectivity index (χ0n) is 63.5. The van der Waals surface area contributed by atoms with Crippen LogP contribution in [0.4, 0.5) is 0 Å². The number of esters is 11. The van der Waals surface area contributed by atoms with E-state index in [1.807, 2.05) is 20.8 Å². The molecule has 28 heteroatoms. The van der Waals surface area contributed by atoms with Gasteiger partial charge in [0.05, 0.1) is 82.0 Å². The highest BCUT2D eigenvalue weighted by molar-refractivity contribution is 5.84. The van der Waals surface area contributed by atoms with Crippen LogP contribution in [0.15, 0.2) is 101 Å². The Morgan fingerprint density at radius 3 is 1.30 bits per heavy atom. The first-order valence-corrected chi connectivity index (χ1v) is 37.9. The highest BCUT2D eigenvalue weighted by Crippen LogP contribution is 2.62. The summed E-state index contributed by atoms with van der Waals surface area (Å²) < 4.78 is 68.8. The van der Waals surface area contributed by atoms with Gasteiger partial charge in [-0.15, -0.1) is 0 Å². The molecule has 1 saturated heterocycles. The Morgan fingerprint density at radius 2 is 0.817 bits per heavy atom. The number of carbonyl (C=O) groups excluding carboxylic acids is 11. The van der Waals surface area contributed by atoms with Crippen molar-refractivity contribution in [2.75, 3.05) is 59.5 Å². The van der Waals surface area contributed by atoms with Crippen LogP contribution in [0.2, 0.25) is 0 Å². The van der Waals surface area contributed by atoms with E-state index in [9.17, 15) is 73.2 Å². The van der Waals surface area contributed by atoms with Crippen LogP contribution in [-0.4, -0.2) is 201 Å². The van der Waals surface area contributed by atoms with Crippen LogP contribution in [0.5, 0.6) is 0 Å². The highest BCUT2D eigenvalue weighted by Gasteiger charge is 2.56. The van der Waals surface area contributed by atoms with E-state index >= 15 is 0 Å². The van der Waals surface area contributed by atoms with Crippen molar-refractivity contribution in [3.05, 3.63) is 101 Å². The van der Waals surface area contributed by atoms with E-state index in [0.29, 0.717) is 128 Å². The third-order valence-electron chi connectivity index (χ3n) is 21.7. The van der Waals surface area contributed by atoms with Gasteiger partial charge in [0.25, 0.3) is 0 Å². The van der Waals surface area contributed by atoms with Crippen LogP contribution in [0, 0.1) is 70.0 Å². The second-order valence-corrected chi connectivity index (χ2v) is 30.1. The molecule has 109 heavy (non-hydrogen) atoms. The minimum absolute atomic E-state index is 0.000216. The van der Waals surface area contributed by atoms with E-state index in [0.717, 1.165) is 67.1 Å². The number of aliphatic hydroxyl groups excluding tert-OH is 4. The SMILES string of the molecule is C=CC(=O)OC1CC(COC(=O)C2CCC(O)C(OC(=O)C=C)C2)CCC1O.C=CC(=O)OC1CCC(COC(=O)CCCCC(=O)OCC2CCC(OC(=O)C=C)C(O)C2)CC1O.C=CC(=O)OCC1(CC)COC(C(C)(C)COC(=O)C=C)OC1.C=CC(=O)OCC1CC2C3CC(COC(=O)C=C)C(C3)C2C1. The molecule has 2 bridgehead atoms. The number of fused-ring (bicyclic) bond motifs is 5. The molecule has 1 aliphatic heterocycles. The van der Waals surface area contributed by atoms with Gasteiger partial charge in [-0.05, 0) is 169 Å². The zero-order chi connectivity index (χ0) is 80.4. The van der Waals surface area contributed by atoms with E-state index in [4.69, 9.17) is 61.6 Å². The summed E-state index contributed by atoms with van der Waals surface area (Å²) in [4.78, 5) is 127. The summed E-state index contributed by atoms with van der Waals surface area (Å²) in [7, 11) is 0. The van der Waals surface area contributed by atoms with Gasteiger partial charge in [-0.3, -0.25) is 14.4 Å². The molecule has 7 aliphatic carbocycles. The van der Waals surface area contributed by atoms with Crippen molar-refractivity contribution in [2.45, 2.75) is 211 Å². The molecular weight excluding hydrogens is 1420 g/mol. The van der Waals surface area contributed by atoms with Crippen LogP contribution >= 0.6 is 0 Å². The molecule has 4 N–H and O–H groups in total. The maximum Gasteiger partial charge on any atom is 0.330 e. The monoisotopic (exact) mass is 1540 g/mol. The number of aliphatic hydroxyl groups is 4. The third-order valence-corrected chi connectivity index (χ3v) is 21.7. The normalized spacial score (nSPS) is 30.5. The molecule has 8 rings (SSSR count). The molecule has 8 fully saturated rings. The number of ether oxygens (including phenoxy) is 13. The first kappa shape index (κ1) is 91.5. The summed E-state index contributed by atoms with van der Waals surface area (Å²) in [6.07, 6.45) is 15.1. The fourth-order valence-electron chi connectivity index (χ4n) is 15.4. The lowest BCUT2D eigenvalue weighted by atomic mass is 9.76. The molecule has 7 saturated carbocycles. The fourth-order valence-corrected chi connectivity index (χ4v) is 15.4. The van der Waals surface area contributed by atoms with Crippen molar-refractivity contribution in [3.63, 3.8) is 0 Å². The van der Waals surface area contributed by atoms with Crippen LogP contribution < -0.4 is 0 Å². The Kier molecular flexibility index (Phi) is 39.0. The molecule has 18 atom stereocenters. The predicted octanol–water partition coefficient (Wildman–Crippen LogP) is 8.18. The predicted molar refractivity (Wildman–Crippen MR) is 391 cm³/mol. The molecule has 1 heterocycles. The van der Waals surface area contributed by atoms with Crippen LogP contribution in [0.25, 0.3) is 0 Å². The Morgan fingerprint density at radius 1 is 0.404 bits per heavy atom. The molecule has 28 nitrogen and oxygen atoms in total. The van der Waals surface area contributed by atoms with Gasteiger partial charge in [-0.2, -0.15) is 0 Å². The first-order valence-electron chi connectivity index (χ1n) is 37.9. The standard InChI is InChI=1S/C26H38O10.C20H28O8.C18H24O4.C17H26O6/c1-3-23(29)35-21-11-9-17(13-19(21)27)15-33-25(31)7-5-6-8-26(32)34-16-18-10-12-22(20(28)14-18)36-24(30)4-2;1-3-18(23)27-16-9-12(5-7-14(16)21)11-26-20(25)13-6-8-15(22)17(10-13)28-19(24)4-2;1-3-17(19)21-9-11-5-14-12-7-13(10-22-18(20)4-2)15(8-12)16(14)6-11;1-6-13(18)20-9-16(4,5)15-22-11-17(8-3,12-23-15)10-21-14(19)7-2/h3-4,17-22,27-28H,1-2,5-16H2;3-4,12-17,21-22H,1-2,5-11H2;3-4,11-16H,1-2,5-10H2;6-7,15H,1-2,8-12H2,3-5H3. The molecule has 0 spiro atoms. The smallest absolute Gasteiger partial charge is 0.330 e. The first-order chi connectivity index (χ1) is 51.9.